The highest BCUT2D eigenvalue weighted by Crippen LogP contribution is 2.23. The van der Waals surface area contributed by atoms with E-state index in [-0.39, 0.29) is 13.1 Å². The topological polar surface area (TPSA) is 58.4 Å². The van der Waals surface area contributed by atoms with Gasteiger partial charge in [-0.25, -0.2) is 22.2 Å². The second-order valence-corrected chi connectivity index (χ2v) is 9.12. The first-order valence-electron chi connectivity index (χ1n) is 9.43. The number of sulfonamides is 1. The Bertz CT molecular complexity index is 1140. The summed E-state index contributed by atoms with van der Waals surface area (Å²) in [5.41, 5.74) is 2.14. The molecule has 0 unspecified atom stereocenters. The third-order valence-electron chi connectivity index (χ3n) is 5.36. The number of aromatic nitrogens is 2. The molecule has 1 aliphatic rings. The van der Waals surface area contributed by atoms with E-state index in [0.29, 0.717) is 13.1 Å². The molecular formula is C20H22F2N4O2S. The van der Waals surface area contributed by atoms with Gasteiger partial charge in [0.15, 0.2) is 0 Å². The number of aryl methyl sites for hydroxylation is 1. The van der Waals surface area contributed by atoms with Gasteiger partial charge in [0.05, 0.1) is 0 Å². The van der Waals surface area contributed by atoms with E-state index >= 15 is 0 Å². The van der Waals surface area contributed by atoms with Gasteiger partial charge < -0.3 is 9.47 Å². The second kappa shape index (κ2) is 7.81. The van der Waals surface area contributed by atoms with Gasteiger partial charge in [-0.2, -0.15) is 4.31 Å². The number of rotatable bonds is 5. The number of halogens is 2. The summed E-state index contributed by atoms with van der Waals surface area (Å²) < 4.78 is 56.0. The molecule has 9 heteroatoms. The summed E-state index contributed by atoms with van der Waals surface area (Å²) >= 11 is 0. The smallest absolute Gasteiger partial charge is 0.246 e. The maximum absolute atomic E-state index is 13.9. The van der Waals surface area contributed by atoms with Crippen molar-refractivity contribution >= 4 is 21.1 Å². The zero-order valence-corrected chi connectivity index (χ0v) is 16.9. The van der Waals surface area contributed by atoms with E-state index in [4.69, 9.17) is 0 Å². The van der Waals surface area contributed by atoms with Crippen LogP contribution in [-0.2, 0) is 23.5 Å². The van der Waals surface area contributed by atoms with Gasteiger partial charge in [-0.15, -0.1) is 0 Å². The summed E-state index contributed by atoms with van der Waals surface area (Å²) in [5, 5.41) is 1.12. The minimum Gasteiger partial charge on any atom is -0.335 e. The molecule has 0 aliphatic carbocycles. The minimum atomic E-state index is -4.05. The first kappa shape index (κ1) is 19.9. The Morgan fingerprint density at radius 2 is 1.86 bits per heavy atom. The fraction of sp³-hybridized carbons (Fsp3) is 0.350. The maximum atomic E-state index is 13.9. The quantitative estimate of drug-likeness (QED) is 0.636. The van der Waals surface area contributed by atoms with Crippen LogP contribution in [0.15, 0.2) is 47.6 Å². The third-order valence-corrected chi connectivity index (χ3v) is 7.27. The Kier molecular flexibility index (Phi) is 5.37. The summed E-state index contributed by atoms with van der Waals surface area (Å²) in [7, 11) is -2.08. The fourth-order valence-corrected chi connectivity index (χ4v) is 5.28. The van der Waals surface area contributed by atoms with Crippen molar-refractivity contribution in [3.05, 3.63) is 59.9 Å². The molecule has 1 fully saturated rings. The molecule has 1 aromatic carbocycles. The first-order chi connectivity index (χ1) is 13.9. The van der Waals surface area contributed by atoms with Gasteiger partial charge in [-0.1, -0.05) is 0 Å². The van der Waals surface area contributed by atoms with Gasteiger partial charge in [-0.05, 0) is 42.3 Å². The number of fused-ring (bicyclic) bond motifs is 1. The molecule has 29 heavy (non-hydrogen) atoms. The first-order valence-corrected chi connectivity index (χ1v) is 10.9. The Balaban J connectivity index is 1.40. The Hall–Kier alpha value is -2.36. The second-order valence-electron chi connectivity index (χ2n) is 7.21. The Morgan fingerprint density at radius 1 is 1.10 bits per heavy atom. The molecule has 0 atom stereocenters. The summed E-state index contributed by atoms with van der Waals surface area (Å²) in [5.74, 6) is -1.70. The van der Waals surface area contributed by atoms with Crippen LogP contribution in [0.1, 0.15) is 5.56 Å². The van der Waals surface area contributed by atoms with Crippen molar-refractivity contribution in [2.75, 3.05) is 32.7 Å². The molecule has 1 saturated heterocycles. The fourth-order valence-electron chi connectivity index (χ4n) is 3.78. The lowest BCUT2D eigenvalue weighted by Crippen LogP contribution is -2.49. The van der Waals surface area contributed by atoms with Crippen LogP contribution in [0, 0.1) is 11.6 Å². The number of nitrogens with zero attached hydrogens (tertiary/aromatic N) is 4. The summed E-state index contributed by atoms with van der Waals surface area (Å²) in [6.07, 6.45) is 4.67. The standard InChI is InChI=1S/C20H22F2N4O2S/c1-24-14-15(17-3-2-7-23-20(17)24)6-8-25-9-11-26(12-10-25)29(27,28)19-13-16(21)4-5-18(19)22/h2-5,7,13-14H,6,8-12H2,1H3. The zero-order chi connectivity index (χ0) is 20.6. The minimum absolute atomic E-state index is 0.245. The largest absolute Gasteiger partial charge is 0.335 e. The van der Waals surface area contributed by atoms with E-state index in [2.05, 4.69) is 22.1 Å². The van der Waals surface area contributed by atoms with Crippen molar-refractivity contribution in [1.29, 1.82) is 0 Å². The molecule has 6 nitrogen and oxygen atoms in total. The van der Waals surface area contributed by atoms with Crippen LogP contribution in [0.4, 0.5) is 8.78 Å². The summed E-state index contributed by atoms with van der Waals surface area (Å²) in [6.45, 7) is 2.36. The summed E-state index contributed by atoms with van der Waals surface area (Å²) in [6, 6.07) is 6.47. The van der Waals surface area contributed by atoms with Gasteiger partial charge in [0.2, 0.25) is 10.0 Å². The predicted octanol–water partition coefficient (Wildman–Crippen LogP) is 2.40. The maximum Gasteiger partial charge on any atom is 0.246 e. The van der Waals surface area contributed by atoms with Gasteiger partial charge >= 0.3 is 0 Å². The van der Waals surface area contributed by atoms with Gasteiger partial charge in [0.25, 0.3) is 0 Å². The van der Waals surface area contributed by atoms with Crippen LogP contribution in [0.5, 0.6) is 0 Å². The van der Waals surface area contributed by atoms with Crippen LogP contribution < -0.4 is 0 Å². The predicted molar refractivity (Wildman–Crippen MR) is 106 cm³/mol. The van der Waals surface area contributed by atoms with Crippen molar-refractivity contribution in [3.8, 4) is 0 Å². The third kappa shape index (κ3) is 3.90. The zero-order valence-electron chi connectivity index (χ0n) is 16.1. The molecule has 4 rings (SSSR count). The average Bonchev–Trinajstić information content (AvgIpc) is 3.04. The molecule has 3 aromatic rings. The van der Waals surface area contributed by atoms with Crippen LogP contribution in [0.3, 0.4) is 0 Å². The summed E-state index contributed by atoms with van der Waals surface area (Å²) in [4.78, 5) is 5.97. The highest BCUT2D eigenvalue weighted by atomic mass is 32.2. The number of piperazine rings is 1. The van der Waals surface area contributed by atoms with Crippen molar-refractivity contribution in [2.24, 2.45) is 7.05 Å². The molecule has 3 heterocycles. The van der Waals surface area contributed by atoms with Gasteiger partial charge in [0.1, 0.15) is 22.2 Å². The highest BCUT2D eigenvalue weighted by Gasteiger charge is 2.31. The lowest BCUT2D eigenvalue weighted by Gasteiger charge is -2.34. The van der Waals surface area contributed by atoms with Crippen LogP contribution in [0.25, 0.3) is 11.0 Å². The molecule has 1 aliphatic heterocycles. The monoisotopic (exact) mass is 420 g/mol. The van der Waals surface area contributed by atoms with E-state index in [1.807, 2.05) is 17.7 Å². The van der Waals surface area contributed by atoms with Crippen molar-refractivity contribution in [3.63, 3.8) is 0 Å². The number of hydrogen-bond acceptors (Lipinski definition) is 4. The SMILES string of the molecule is Cn1cc(CCN2CCN(S(=O)(=O)c3cc(F)ccc3F)CC2)c2cccnc21. The van der Waals surface area contributed by atoms with E-state index in [0.717, 1.165) is 42.2 Å². The molecule has 2 aromatic heterocycles. The van der Waals surface area contributed by atoms with Crippen molar-refractivity contribution in [1.82, 2.24) is 18.8 Å². The molecule has 0 amide bonds. The molecule has 0 spiro atoms. The average molecular weight is 420 g/mol. The number of benzene rings is 1. The molecule has 0 saturated carbocycles. The van der Waals surface area contributed by atoms with Crippen molar-refractivity contribution < 1.29 is 17.2 Å². The van der Waals surface area contributed by atoms with E-state index in [1.165, 1.54) is 9.87 Å². The Labute approximate surface area is 168 Å². The lowest BCUT2D eigenvalue weighted by atomic mass is 10.1. The Morgan fingerprint density at radius 3 is 2.62 bits per heavy atom. The number of pyridine rings is 1. The van der Waals surface area contributed by atoms with Gasteiger partial charge in [-0.3, -0.25) is 0 Å². The van der Waals surface area contributed by atoms with Gasteiger partial charge in [0, 0.05) is 57.6 Å². The number of hydrogen-bond donors (Lipinski definition) is 0. The molecule has 154 valence electrons. The van der Waals surface area contributed by atoms with E-state index in [1.54, 1.807) is 6.20 Å². The van der Waals surface area contributed by atoms with Crippen molar-refractivity contribution in [2.45, 2.75) is 11.3 Å². The lowest BCUT2D eigenvalue weighted by molar-refractivity contribution is 0.190. The normalized spacial score (nSPS) is 16.5. The van der Waals surface area contributed by atoms with E-state index in [9.17, 15) is 17.2 Å². The molecule has 0 bridgehead atoms. The molecule has 0 N–H and O–H groups in total. The highest BCUT2D eigenvalue weighted by molar-refractivity contribution is 7.89. The van der Waals surface area contributed by atoms with Crippen LogP contribution in [0.2, 0.25) is 0 Å². The van der Waals surface area contributed by atoms with E-state index < -0.39 is 26.6 Å². The van der Waals surface area contributed by atoms with Crippen LogP contribution in [-0.4, -0.2) is 59.9 Å². The molecule has 0 radical (unpaired) electrons. The molecular weight excluding hydrogens is 398 g/mol. The van der Waals surface area contributed by atoms with Crippen LogP contribution >= 0.6 is 0 Å².